The van der Waals surface area contributed by atoms with Crippen LogP contribution in [-0.2, 0) is 19.1 Å². The van der Waals surface area contributed by atoms with E-state index in [0.29, 0.717) is 18.4 Å². The average Bonchev–Trinajstić information content (AvgIpc) is 2.74. The minimum atomic E-state index is -1.25. The quantitative estimate of drug-likeness (QED) is 0.328. The SMILES string of the molecule is COC(=O)CC(N=C(NC(=O)OC(C)C)c1cccnc1)C(=O)NC(C#N)CCC(C)(C)C. The fourth-order valence-corrected chi connectivity index (χ4v) is 2.63. The lowest BCUT2D eigenvalue weighted by atomic mass is 9.89. The zero-order valence-corrected chi connectivity index (χ0v) is 20.0. The minimum absolute atomic E-state index is 0.000928. The number of carbonyl (C=O) groups excluding carboxylic acids is 3. The van der Waals surface area contributed by atoms with E-state index in [4.69, 9.17) is 9.47 Å². The molecule has 0 aliphatic heterocycles. The normalized spacial score (nSPS) is 13.5. The fraction of sp³-hybridized carbons (Fsp3) is 0.565. The van der Waals surface area contributed by atoms with Crippen molar-refractivity contribution >= 4 is 23.8 Å². The molecule has 1 rings (SSSR count). The van der Waals surface area contributed by atoms with Gasteiger partial charge >= 0.3 is 12.1 Å². The number of amides is 2. The van der Waals surface area contributed by atoms with Crippen molar-refractivity contribution in [2.75, 3.05) is 7.11 Å². The largest absolute Gasteiger partial charge is 0.469 e. The van der Waals surface area contributed by atoms with Crippen LogP contribution in [0, 0.1) is 16.7 Å². The second-order valence-electron chi connectivity index (χ2n) is 8.88. The molecule has 0 spiro atoms. The molecule has 180 valence electrons. The molecular weight excluding hydrogens is 426 g/mol. The van der Waals surface area contributed by atoms with Gasteiger partial charge in [-0.05, 0) is 44.2 Å². The third-order valence-electron chi connectivity index (χ3n) is 4.33. The zero-order chi connectivity index (χ0) is 25.0. The van der Waals surface area contributed by atoms with Gasteiger partial charge in [-0.1, -0.05) is 20.8 Å². The summed E-state index contributed by atoms with van der Waals surface area (Å²) in [5.74, 6) is -1.31. The summed E-state index contributed by atoms with van der Waals surface area (Å²) in [6, 6.07) is 3.33. The van der Waals surface area contributed by atoms with E-state index in [-0.39, 0.29) is 23.8 Å². The number of amidine groups is 1. The molecule has 2 unspecified atom stereocenters. The summed E-state index contributed by atoms with van der Waals surface area (Å²) in [7, 11) is 1.20. The number of hydrogen-bond acceptors (Lipinski definition) is 8. The average molecular weight is 460 g/mol. The van der Waals surface area contributed by atoms with Crippen molar-refractivity contribution in [3.63, 3.8) is 0 Å². The fourth-order valence-electron chi connectivity index (χ4n) is 2.63. The number of rotatable bonds is 9. The van der Waals surface area contributed by atoms with Crippen molar-refractivity contribution < 1.29 is 23.9 Å². The predicted octanol–water partition coefficient (Wildman–Crippen LogP) is 2.73. The van der Waals surface area contributed by atoms with Crippen LogP contribution >= 0.6 is 0 Å². The Balaban J connectivity index is 3.22. The van der Waals surface area contributed by atoms with Crippen LogP contribution < -0.4 is 10.6 Å². The van der Waals surface area contributed by atoms with Crippen LogP contribution in [0.15, 0.2) is 29.5 Å². The van der Waals surface area contributed by atoms with Gasteiger partial charge in [0.2, 0.25) is 5.91 Å². The highest BCUT2D eigenvalue weighted by atomic mass is 16.6. The summed E-state index contributed by atoms with van der Waals surface area (Å²) in [5, 5.41) is 14.6. The first-order chi connectivity index (χ1) is 15.4. The molecule has 0 aromatic carbocycles. The van der Waals surface area contributed by atoms with Crippen LogP contribution in [0.4, 0.5) is 4.79 Å². The van der Waals surface area contributed by atoms with Gasteiger partial charge < -0.3 is 14.8 Å². The topological polar surface area (TPSA) is 143 Å². The smallest absolute Gasteiger partial charge is 0.413 e. The molecule has 2 atom stereocenters. The van der Waals surface area contributed by atoms with Crippen molar-refractivity contribution in [3.8, 4) is 6.07 Å². The molecule has 10 heteroatoms. The number of ether oxygens (including phenoxy) is 2. The third-order valence-corrected chi connectivity index (χ3v) is 4.33. The highest BCUT2D eigenvalue weighted by Crippen LogP contribution is 2.21. The van der Waals surface area contributed by atoms with Gasteiger partial charge in [0, 0.05) is 18.0 Å². The maximum Gasteiger partial charge on any atom is 0.413 e. The number of aromatic nitrogens is 1. The number of esters is 1. The minimum Gasteiger partial charge on any atom is -0.469 e. The second kappa shape index (κ2) is 13.2. The Hall–Kier alpha value is -3.48. The Morgan fingerprint density at radius 3 is 2.48 bits per heavy atom. The molecule has 0 saturated carbocycles. The molecule has 10 nitrogen and oxygen atoms in total. The molecule has 0 saturated heterocycles. The standard InChI is InChI=1S/C23H33N5O5/c1-15(2)33-22(31)28-20(16-8-7-11-25-14-16)27-18(12-19(29)32-6)21(30)26-17(13-24)9-10-23(3,4)5/h7-8,11,14-15,17-18H,9-10,12H2,1-6H3,(H,26,30)(H,27,28,31). The van der Waals surface area contributed by atoms with Gasteiger partial charge in [-0.2, -0.15) is 5.26 Å². The Labute approximate surface area is 194 Å². The number of nitriles is 1. The molecule has 1 aromatic heterocycles. The van der Waals surface area contributed by atoms with Gasteiger partial charge in [0.15, 0.2) is 0 Å². The van der Waals surface area contributed by atoms with E-state index in [0.717, 1.165) is 0 Å². The van der Waals surface area contributed by atoms with Gasteiger partial charge in [0.05, 0.1) is 25.7 Å². The Morgan fingerprint density at radius 1 is 1.27 bits per heavy atom. The number of nitrogens with zero attached hydrogens (tertiary/aromatic N) is 3. The van der Waals surface area contributed by atoms with E-state index in [1.54, 1.807) is 32.2 Å². The second-order valence-corrected chi connectivity index (χ2v) is 8.88. The van der Waals surface area contributed by atoms with Crippen LogP contribution in [0.5, 0.6) is 0 Å². The van der Waals surface area contributed by atoms with E-state index >= 15 is 0 Å². The van der Waals surface area contributed by atoms with Gasteiger partial charge in [-0.3, -0.25) is 24.9 Å². The highest BCUT2D eigenvalue weighted by molar-refractivity contribution is 6.07. The first-order valence-electron chi connectivity index (χ1n) is 10.7. The molecule has 2 amide bonds. The Morgan fingerprint density at radius 2 is 1.97 bits per heavy atom. The molecule has 33 heavy (non-hydrogen) atoms. The first-order valence-corrected chi connectivity index (χ1v) is 10.7. The number of methoxy groups -OCH3 is 1. The summed E-state index contributed by atoms with van der Waals surface area (Å²) in [6.07, 6.45) is 2.60. The molecule has 1 aromatic rings. The zero-order valence-electron chi connectivity index (χ0n) is 20.0. The molecular formula is C23H33N5O5. The van der Waals surface area contributed by atoms with Gasteiger partial charge in [-0.25, -0.2) is 4.79 Å². The number of pyridine rings is 1. The predicted molar refractivity (Wildman–Crippen MR) is 122 cm³/mol. The highest BCUT2D eigenvalue weighted by Gasteiger charge is 2.26. The van der Waals surface area contributed by atoms with Gasteiger partial charge in [-0.15, -0.1) is 0 Å². The first kappa shape index (κ1) is 27.6. The lowest BCUT2D eigenvalue weighted by Gasteiger charge is -2.21. The Kier molecular flexibility index (Phi) is 11.0. The monoisotopic (exact) mass is 459 g/mol. The molecule has 0 bridgehead atoms. The molecule has 0 fully saturated rings. The number of nitrogens with one attached hydrogen (secondary N) is 2. The molecule has 0 aliphatic carbocycles. The Bertz CT molecular complexity index is 871. The summed E-state index contributed by atoms with van der Waals surface area (Å²) < 4.78 is 9.80. The van der Waals surface area contributed by atoms with Gasteiger partial charge in [0.1, 0.15) is 17.9 Å². The van der Waals surface area contributed by atoms with Crippen molar-refractivity contribution in [2.45, 2.75) is 72.1 Å². The van der Waals surface area contributed by atoms with E-state index in [1.807, 2.05) is 20.8 Å². The van der Waals surface area contributed by atoms with Crippen LogP contribution in [0.3, 0.4) is 0 Å². The van der Waals surface area contributed by atoms with Crippen LogP contribution in [-0.4, -0.2) is 54.1 Å². The lowest BCUT2D eigenvalue weighted by molar-refractivity contribution is -0.142. The number of aliphatic imine (C=N–C) groups is 1. The van der Waals surface area contributed by atoms with Crippen molar-refractivity contribution in [3.05, 3.63) is 30.1 Å². The number of hydrogen-bond donors (Lipinski definition) is 2. The van der Waals surface area contributed by atoms with Crippen LogP contribution in [0.25, 0.3) is 0 Å². The van der Waals surface area contributed by atoms with Crippen molar-refractivity contribution in [2.24, 2.45) is 10.4 Å². The van der Waals surface area contributed by atoms with E-state index < -0.39 is 30.1 Å². The van der Waals surface area contributed by atoms with E-state index in [1.165, 1.54) is 13.3 Å². The van der Waals surface area contributed by atoms with E-state index in [2.05, 4.69) is 26.7 Å². The summed E-state index contributed by atoms with van der Waals surface area (Å²) >= 11 is 0. The molecule has 1 heterocycles. The lowest BCUT2D eigenvalue weighted by Crippen LogP contribution is -2.43. The summed E-state index contributed by atoms with van der Waals surface area (Å²) in [4.78, 5) is 45.5. The number of carbonyl (C=O) groups is 3. The number of alkyl carbamates (subject to hydrolysis) is 1. The van der Waals surface area contributed by atoms with Crippen LogP contribution in [0.2, 0.25) is 0 Å². The van der Waals surface area contributed by atoms with E-state index in [9.17, 15) is 19.6 Å². The third kappa shape index (κ3) is 11.1. The van der Waals surface area contributed by atoms with Crippen LogP contribution in [0.1, 0.15) is 59.4 Å². The maximum absolute atomic E-state index is 13.0. The maximum atomic E-state index is 13.0. The van der Waals surface area contributed by atoms with Crippen molar-refractivity contribution in [1.29, 1.82) is 5.26 Å². The molecule has 2 N–H and O–H groups in total. The molecule has 0 radical (unpaired) electrons. The van der Waals surface area contributed by atoms with Gasteiger partial charge in [0.25, 0.3) is 0 Å². The summed E-state index contributed by atoms with van der Waals surface area (Å²) in [6.45, 7) is 9.49. The van der Waals surface area contributed by atoms with Crippen molar-refractivity contribution in [1.82, 2.24) is 15.6 Å². The summed E-state index contributed by atoms with van der Waals surface area (Å²) in [5.41, 5.74) is 0.392. The molecule has 0 aliphatic rings.